The molecule has 5 aromatic rings. The predicted molar refractivity (Wildman–Crippen MR) is 222 cm³/mol. The summed E-state index contributed by atoms with van der Waals surface area (Å²) in [4.78, 5) is 35.5. The first-order valence-corrected chi connectivity index (χ1v) is 19.8. The topological polar surface area (TPSA) is 305 Å². The SMILES string of the molecule is CCOC(=O)[C@H](O)CN(Cc1ccc(-c2cc(Cl)ccc2F)cc1)NC(=O)c1nn[nH]n1.CCOC(=O)[C@H](O)CN(N)Cc1ccc(-c2cc(Cl)ccc2F)cc1.[K+].[K+].[O-]C([O-])=C1N=NN=N1. The molecule has 2 heterocycles. The van der Waals surface area contributed by atoms with Gasteiger partial charge in [-0.15, -0.1) is 20.4 Å². The number of tetrazole rings is 1. The van der Waals surface area contributed by atoms with Crippen molar-refractivity contribution < 1.29 is 156 Å². The molecule has 0 bridgehead atoms. The van der Waals surface area contributed by atoms with Crippen molar-refractivity contribution >= 4 is 41.0 Å². The van der Waals surface area contributed by atoms with E-state index < -0.39 is 47.6 Å². The molecule has 0 unspecified atom stereocenters. The number of aliphatic hydroxyl groups is 2. The maximum Gasteiger partial charge on any atom is 1.00 e. The summed E-state index contributed by atoms with van der Waals surface area (Å²) < 4.78 is 37.5. The van der Waals surface area contributed by atoms with Gasteiger partial charge in [-0.25, -0.2) is 28.4 Å². The minimum absolute atomic E-state index is 0. The molecule has 67 heavy (non-hydrogen) atoms. The molecule has 4 aromatic carbocycles. The van der Waals surface area contributed by atoms with E-state index in [0.717, 1.165) is 5.56 Å². The number of halogens is 4. The second kappa shape index (κ2) is 30.8. The number of H-pyrrole nitrogens is 1. The van der Waals surface area contributed by atoms with E-state index in [1.54, 1.807) is 68.4 Å². The monoisotopic (exact) mass is 1020 g/mol. The van der Waals surface area contributed by atoms with Crippen molar-refractivity contribution in [3.05, 3.63) is 135 Å². The van der Waals surface area contributed by atoms with Crippen molar-refractivity contribution in [2.75, 3.05) is 26.3 Å². The smallest absolute Gasteiger partial charge is 0.881 e. The summed E-state index contributed by atoms with van der Waals surface area (Å²) in [6.07, 6.45) is -2.80. The summed E-state index contributed by atoms with van der Waals surface area (Å²) >= 11 is 11.9. The third kappa shape index (κ3) is 20.1. The predicted octanol–water partition coefficient (Wildman–Crippen LogP) is -2.85. The largest absolute Gasteiger partial charge is 1.00 e. The summed E-state index contributed by atoms with van der Waals surface area (Å²) in [6.45, 7) is 3.69. The van der Waals surface area contributed by atoms with Crippen LogP contribution >= 0.6 is 23.2 Å². The number of nitrogens with zero attached hydrogens (tertiary/aromatic N) is 9. The number of esters is 2. The Morgan fingerprint density at radius 3 is 1.64 bits per heavy atom. The van der Waals surface area contributed by atoms with Crippen LogP contribution in [0.3, 0.4) is 0 Å². The maximum atomic E-state index is 14.1. The molecule has 2 atom stereocenters. The molecule has 6 N–H and O–H groups in total. The molecule has 0 radical (unpaired) electrons. The number of hydrazine groups is 2. The first kappa shape index (κ1) is 59.5. The summed E-state index contributed by atoms with van der Waals surface area (Å²) in [6, 6.07) is 22.6. The van der Waals surface area contributed by atoms with Gasteiger partial charge in [0.2, 0.25) is 0 Å². The van der Waals surface area contributed by atoms with E-state index in [1.807, 2.05) is 0 Å². The number of nitrogens with two attached hydrogens (primary N) is 1. The number of hydrogen-bond acceptors (Lipinski definition) is 19. The summed E-state index contributed by atoms with van der Waals surface area (Å²) in [7, 11) is 0. The van der Waals surface area contributed by atoms with Crippen LogP contribution in [0.25, 0.3) is 22.3 Å². The van der Waals surface area contributed by atoms with Gasteiger partial charge < -0.3 is 29.9 Å². The van der Waals surface area contributed by atoms with Gasteiger partial charge in [0.05, 0.1) is 26.3 Å². The van der Waals surface area contributed by atoms with Crippen LogP contribution in [0.15, 0.2) is 117 Å². The Labute approximate surface area is 476 Å². The molecule has 21 nitrogen and oxygen atoms in total. The van der Waals surface area contributed by atoms with Gasteiger partial charge in [-0.1, -0.05) is 71.7 Å². The third-order valence-electron chi connectivity index (χ3n) is 8.37. The van der Waals surface area contributed by atoms with Crippen LogP contribution in [0, 0.1) is 11.6 Å². The van der Waals surface area contributed by atoms with Gasteiger partial charge in [0.15, 0.2) is 18.0 Å². The van der Waals surface area contributed by atoms with E-state index >= 15 is 0 Å². The van der Waals surface area contributed by atoms with E-state index in [-0.39, 0.29) is 147 Å². The molecule has 344 valence electrons. The Morgan fingerprint density at radius 1 is 0.761 bits per heavy atom. The molecule has 1 aliphatic rings. The molecule has 0 spiro atoms. The summed E-state index contributed by atoms with van der Waals surface area (Å²) in [5, 5.41) is 67.3. The molecule has 1 aromatic heterocycles. The molecule has 0 saturated heterocycles. The van der Waals surface area contributed by atoms with Gasteiger partial charge >= 0.3 is 121 Å². The molecule has 27 heteroatoms. The molecule has 0 fully saturated rings. The van der Waals surface area contributed by atoms with E-state index in [2.05, 4.69) is 46.7 Å². The summed E-state index contributed by atoms with van der Waals surface area (Å²) in [5.41, 5.74) is 6.16. The summed E-state index contributed by atoms with van der Waals surface area (Å²) in [5.74, 6) is 0.689. The molecule has 1 amide bonds. The molecular formula is C40H40Cl2F2K2N12O9. The fourth-order valence-corrected chi connectivity index (χ4v) is 5.77. The van der Waals surface area contributed by atoms with Gasteiger partial charge in [-0.2, -0.15) is 11.2 Å². The van der Waals surface area contributed by atoms with Gasteiger partial charge in [0.25, 0.3) is 5.82 Å². The van der Waals surface area contributed by atoms with Gasteiger partial charge in [-0.3, -0.25) is 16.1 Å². The number of aromatic amines is 1. The van der Waals surface area contributed by atoms with Crippen LogP contribution in [0.5, 0.6) is 0 Å². The average Bonchev–Trinajstić information content (AvgIpc) is 4.03. The number of aromatic nitrogens is 4. The standard InChI is InChI=1S/C20H20ClFN6O4.C18H20ClFN2O3.C2H2N4O2.2K/c1-2-32-20(31)17(29)11-28(25-19(30)18-23-26-27-24-18)10-12-3-5-13(6-4-12)15-9-14(21)7-8-16(15)22;1-2-25-18(24)17(23)11-22(21)10-12-3-5-13(6-4-12)15-9-14(19)7-8-16(15)20;7-2(8)1-3-5-6-4-1;;/h3-9,17,29H,2,10-11H2,1H3,(H,25,30)(H,23,24,26,27);3-9,17,23H,2,10-11,21H2,1H3;7-8H;;/q;;;2*+1/p-2/t2*17-;;;/m11.../s1. The Bertz CT molecular complexity index is 2450. The number of carbonyl (C=O) groups excluding carboxylic acids is 3. The molecule has 0 saturated carbocycles. The van der Waals surface area contributed by atoms with Crippen molar-refractivity contribution in [3.63, 3.8) is 0 Å². The Morgan fingerprint density at radius 2 is 1.22 bits per heavy atom. The minimum Gasteiger partial charge on any atom is -0.881 e. The van der Waals surface area contributed by atoms with Crippen molar-refractivity contribution in [1.82, 2.24) is 36.1 Å². The average molecular weight is 1020 g/mol. The van der Waals surface area contributed by atoms with Crippen molar-refractivity contribution in [2.45, 2.75) is 39.1 Å². The maximum absolute atomic E-state index is 14.1. The molecular weight excluding hydrogens is 980 g/mol. The van der Waals surface area contributed by atoms with Gasteiger partial charge in [-0.05, 0) is 88.2 Å². The van der Waals surface area contributed by atoms with Gasteiger partial charge in [0, 0.05) is 34.3 Å². The zero-order valence-corrected chi connectivity index (χ0v) is 44.1. The third-order valence-corrected chi connectivity index (χ3v) is 8.84. The van der Waals surface area contributed by atoms with Crippen LogP contribution in [-0.2, 0) is 32.2 Å². The number of aliphatic hydroxyl groups excluding tert-OH is 2. The Balaban J connectivity index is 0.000000391. The van der Waals surface area contributed by atoms with Crippen molar-refractivity contribution in [3.8, 4) is 22.3 Å². The van der Waals surface area contributed by atoms with Crippen LogP contribution in [0.2, 0.25) is 10.0 Å². The Kier molecular flexibility index (Phi) is 27.4. The number of carbonyl (C=O) groups is 3. The minimum atomic E-state index is -1.50. The normalized spacial score (nSPS) is 12.1. The van der Waals surface area contributed by atoms with Crippen LogP contribution < -0.4 is 124 Å². The molecule has 0 aliphatic carbocycles. The van der Waals surface area contributed by atoms with Crippen LogP contribution in [0.4, 0.5) is 8.78 Å². The van der Waals surface area contributed by atoms with E-state index in [0.29, 0.717) is 44.4 Å². The fourth-order valence-electron chi connectivity index (χ4n) is 5.42. The zero-order chi connectivity index (χ0) is 47.5. The first-order chi connectivity index (χ1) is 31.1. The van der Waals surface area contributed by atoms with Crippen molar-refractivity contribution in [2.24, 2.45) is 26.5 Å². The van der Waals surface area contributed by atoms with Crippen LogP contribution in [-0.4, -0.2) is 97.2 Å². The number of rotatable bonds is 16. The number of ether oxygens (including phenoxy) is 2. The van der Waals surface area contributed by atoms with Crippen LogP contribution in [0.1, 0.15) is 35.6 Å². The Hall–Kier alpha value is -3.59. The quantitative estimate of drug-likeness (QED) is 0.0219. The fraction of sp³-hybridized carbons (Fsp3) is 0.250. The van der Waals surface area contributed by atoms with E-state index in [1.165, 1.54) is 40.3 Å². The van der Waals surface area contributed by atoms with E-state index in [4.69, 9.17) is 38.5 Å². The first-order valence-electron chi connectivity index (χ1n) is 19.1. The second-order valence-electron chi connectivity index (χ2n) is 13.2. The number of amides is 1. The number of hydrogen-bond donors (Lipinski definition) is 5. The van der Waals surface area contributed by atoms with Crippen molar-refractivity contribution in [1.29, 1.82) is 0 Å². The van der Waals surface area contributed by atoms with Gasteiger partial charge in [0.1, 0.15) is 11.6 Å². The molecule has 1 aliphatic heterocycles. The number of benzene rings is 4. The number of nitrogens with one attached hydrogen (secondary N) is 2. The van der Waals surface area contributed by atoms with E-state index in [9.17, 15) is 43.6 Å². The zero-order valence-electron chi connectivity index (χ0n) is 36.3. The molecule has 6 rings (SSSR count). The second-order valence-corrected chi connectivity index (χ2v) is 14.0.